The normalized spacial score (nSPS) is 15.4. The van der Waals surface area contributed by atoms with E-state index in [0.29, 0.717) is 11.7 Å². The Kier molecular flexibility index (Phi) is 8.51. The topological polar surface area (TPSA) is 59.3 Å². The number of ether oxygens (including phenoxy) is 2. The summed E-state index contributed by atoms with van der Waals surface area (Å²) in [5.41, 5.74) is 3.83. The van der Waals surface area contributed by atoms with Crippen molar-refractivity contribution in [3.63, 3.8) is 0 Å². The summed E-state index contributed by atoms with van der Waals surface area (Å²) in [5, 5.41) is 7.87. The summed E-state index contributed by atoms with van der Waals surface area (Å²) in [4.78, 5) is 1.61. The number of hydrogen-bond acceptors (Lipinski definition) is 4. The minimum Gasteiger partial charge on any atom is -0.494 e. The molecule has 1 fully saturated rings. The summed E-state index contributed by atoms with van der Waals surface area (Å²) in [5.74, 6) is 0.863. The van der Waals surface area contributed by atoms with E-state index in [4.69, 9.17) is 21.7 Å². The van der Waals surface area contributed by atoms with Gasteiger partial charge in [0.05, 0.1) is 32.6 Å². The largest absolute Gasteiger partial charge is 0.494 e. The maximum atomic E-state index is 5.40. The average Bonchev–Trinajstić information content (AvgIpc) is 2.61. The standard InChI is InChI=1S/C17H26N4O2S/c1-2-23-16-6-4-15(5-7-16)14-19-20-17(24)18-8-3-9-21-10-12-22-13-11-21/h4-7,14H,2-3,8-13H2,1H3,(H2,18,20,24)/p+1/b19-14-. The number of morpholine rings is 1. The van der Waals surface area contributed by atoms with Crippen LogP contribution in [0.25, 0.3) is 0 Å². The van der Waals surface area contributed by atoms with E-state index >= 15 is 0 Å². The molecule has 1 saturated heterocycles. The molecule has 1 heterocycles. The van der Waals surface area contributed by atoms with Crippen molar-refractivity contribution in [1.29, 1.82) is 0 Å². The Balaban J connectivity index is 1.58. The molecule has 0 amide bonds. The maximum Gasteiger partial charge on any atom is 0.186 e. The Bertz CT molecular complexity index is 516. The van der Waals surface area contributed by atoms with Crippen molar-refractivity contribution in [2.75, 3.05) is 46.0 Å². The number of nitrogens with one attached hydrogen (secondary N) is 3. The number of benzene rings is 1. The van der Waals surface area contributed by atoms with Crippen molar-refractivity contribution < 1.29 is 14.4 Å². The first kappa shape index (κ1) is 18.6. The molecule has 0 radical (unpaired) electrons. The van der Waals surface area contributed by atoms with Gasteiger partial charge < -0.3 is 19.7 Å². The lowest BCUT2D eigenvalue weighted by molar-refractivity contribution is -0.908. The third kappa shape index (κ3) is 7.25. The molecule has 1 aromatic rings. The van der Waals surface area contributed by atoms with Crippen molar-refractivity contribution in [3.8, 4) is 5.75 Å². The fourth-order valence-electron chi connectivity index (χ4n) is 2.47. The van der Waals surface area contributed by atoms with Gasteiger partial charge >= 0.3 is 0 Å². The van der Waals surface area contributed by atoms with Gasteiger partial charge in [-0.05, 0) is 49.0 Å². The van der Waals surface area contributed by atoms with Crippen molar-refractivity contribution in [2.24, 2.45) is 5.10 Å². The fraction of sp³-hybridized carbons (Fsp3) is 0.529. The minimum atomic E-state index is 0.550. The van der Waals surface area contributed by atoms with Crippen LogP contribution in [0.2, 0.25) is 0 Å². The second-order valence-electron chi connectivity index (χ2n) is 5.59. The molecule has 0 atom stereocenters. The lowest BCUT2D eigenvalue weighted by atomic mass is 10.2. The maximum absolute atomic E-state index is 5.40. The Hall–Kier alpha value is -1.70. The first-order valence-corrected chi connectivity index (χ1v) is 8.90. The Morgan fingerprint density at radius 1 is 1.33 bits per heavy atom. The quantitative estimate of drug-likeness (QED) is 0.270. The number of hydrazone groups is 1. The number of rotatable bonds is 8. The first-order chi connectivity index (χ1) is 11.8. The third-order valence-corrected chi connectivity index (χ3v) is 4.00. The molecule has 6 nitrogen and oxygen atoms in total. The van der Waals surface area contributed by atoms with E-state index in [1.165, 1.54) is 0 Å². The molecule has 0 spiro atoms. The summed E-state index contributed by atoms with van der Waals surface area (Å²) in [6, 6.07) is 7.76. The molecule has 3 N–H and O–H groups in total. The number of nitrogens with zero attached hydrogens (tertiary/aromatic N) is 1. The highest BCUT2D eigenvalue weighted by atomic mass is 32.1. The Morgan fingerprint density at radius 3 is 2.79 bits per heavy atom. The van der Waals surface area contributed by atoms with Crippen LogP contribution < -0.4 is 20.4 Å². The summed E-state index contributed by atoms with van der Waals surface area (Å²) in [6.07, 6.45) is 2.82. The van der Waals surface area contributed by atoms with Crippen LogP contribution >= 0.6 is 12.2 Å². The van der Waals surface area contributed by atoms with Crippen molar-refractivity contribution >= 4 is 23.5 Å². The van der Waals surface area contributed by atoms with Gasteiger partial charge in [0.1, 0.15) is 18.8 Å². The monoisotopic (exact) mass is 351 g/mol. The zero-order chi connectivity index (χ0) is 17.0. The molecule has 2 rings (SSSR count). The lowest BCUT2D eigenvalue weighted by Crippen LogP contribution is -3.14. The van der Waals surface area contributed by atoms with Crippen LogP contribution in [0.5, 0.6) is 5.75 Å². The molecule has 0 aliphatic carbocycles. The summed E-state index contributed by atoms with van der Waals surface area (Å²) >= 11 is 5.21. The third-order valence-electron chi connectivity index (χ3n) is 3.76. The lowest BCUT2D eigenvalue weighted by Gasteiger charge is -2.23. The second kappa shape index (κ2) is 11.0. The van der Waals surface area contributed by atoms with E-state index in [1.807, 2.05) is 31.2 Å². The summed E-state index contributed by atoms with van der Waals surface area (Å²) in [7, 11) is 0. The minimum absolute atomic E-state index is 0.550. The van der Waals surface area contributed by atoms with Gasteiger partial charge in [-0.15, -0.1) is 0 Å². The molecule has 1 aliphatic rings. The number of thiocarbonyl (C=S) groups is 1. The predicted octanol–water partition coefficient (Wildman–Crippen LogP) is 0.189. The summed E-state index contributed by atoms with van der Waals surface area (Å²) < 4.78 is 10.8. The van der Waals surface area contributed by atoms with Crippen molar-refractivity contribution in [3.05, 3.63) is 29.8 Å². The molecule has 0 aromatic heterocycles. The highest BCUT2D eigenvalue weighted by molar-refractivity contribution is 7.80. The van der Waals surface area contributed by atoms with Crippen LogP contribution in [0, 0.1) is 0 Å². The van der Waals surface area contributed by atoms with Crippen LogP contribution in [0.3, 0.4) is 0 Å². The number of hydrogen-bond donors (Lipinski definition) is 3. The molecule has 7 heteroatoms. The molecule has 0 unspecified atom stereocenters. The van der Waals surface area contributed by atoms with Gasteiger partial charge in [-0.3, -0.25) is 5.43 Å². The van der Waals surface area contributed by atoms with E-state index in [2.05, 4.69) is 15.8 Å². The van der Waals surface area contributed by atoms with Crippen LogP contribution in [0.1, 0.15) is 18.9 Å². The predicted molar refractivity (Wildman–Crippen MR) is 99.9 cm³/mol. The van der Waals surface area contributed by atoms with E-state index < -0.39 is 0 Å². The smallest absolute Gasteiger partial charge is 0.186 e. The van der Waals surface area contributed by atoms with Crippen LogP contribution in [-0.2, 0) is 4.74 Å². The van der Waals surface area contributed by atoms with E-state index in [1.54, 1.807) is 11.1 Å². The van der Waals surface area contributed by atoms with Gasteiger partial charge in [0.25, 0.3) is 0 Å². The van der Waals surface area contributed by atoms with Crippen molar-refractivity contribution in [2.45, 2.75) is 13.3 Å². The zero-order valence-corrected chi connectivity index (χ0v) is 15.0. The molecule has 0 saturated carbocycles. The van der Waals surface area contributed by atoms with Crippen LogP contribution in [0.4, 0.5) is 0 Å². The molecule has 24 heavy (non-hydrogen) atoms. The highest BCUT2D eigenvalue weighted by Gasteiger charge is 2.12. The van der Waals surface area contributed by atoms with Gasteiger partial charge in [-0.2, -0.15) is 5.10 Å². The first-order valence-electron chi connectivity index (χ1n) is 8.49. The molecular formula is C17H27N4O2S+. The summed E-state index contributed by atoms with van der Waals surface area (Å²) in [6.45, 7) is 8.61. The Morgan fingerprint density at radius 2 is 2.08 bits per heavy atom. The average molecular weight is 351 g/mol. The number of quaternary nitrogens is 1. The van der Waals surface area contributed by atoms with Gasteiger partial charge in [0.2, 0.25) is 0 Å². The molecule has 0 bridgehead atoms. The zero-order valence-electron chi connectivity index (χ0n) is 14.2. The van der Waals surface area contributed by atoms with Crippen molar-refractivity contribution in [1.82, 2.24) is 10.7 Å². The van der Waals surface area contributed by atoms with E-state index in [-0.39, 0.29) is 0 Å². The van der Waals surface area contributed by atoms with Crippen LogP contribution in [0.15, 0.2) is 29.4 Å². The molecule has 1 aromatic carbocycles. The van der Waals surface area contributed by atoms with E-state index in [9.17, 15) is 0 Å². The van der Waals surface area contributed by atoms with Gasteiger partial charge in [0, 0.05) is 13.0 Å². The molecular weight excluding hydrogens is 324 g/mol. The van der Waals surface area contributed by atoms with Crippen LogP contribution in [-0.4, -0.2) is 57.3 Å². The SMILES string of the molecule is CCOc1ccc(/C=N\NC(=S)NCCC[NH+]2CCOCC2)cc1. The van der Waals surface area contributed by atoms with E-state index in [0.717, 1.165) is 57.1 Å². The molecule has 132 valence electrons. The highest BCUT2D eigenvalue weighted by Crippen LogP contribution is 2.10. The fourth-order valence-corrected chi connectivity index (χ4v) is 2.63. The van der Waals surface area contributed by atoms with Gasteiger partial charge in [0.15, 0.2) is 5.11 Å². The molecule has 1 aliphatic heterocycles. The van der Waals surface area contributed by atoms with Gasteiger partial charge in [-0.25, -0.2) is 0 Å². The second-order valence-corrected chi connectivity index (χ2v) is 6.00. The Labute approximate surface area is 149 Å². The van der Waals surface area contributed by atoms with Gasteiger partial charge in [-0.1, -0.05) is 0 Å².